The second-order valence-electron chi connectivity index (χ2n) is 4.89. The van der Waals surface area contributed by atoms with E-state index in [0.717, 1.165) is 22.0 Å². The van der Waals surface area contributed by atoms with Gasteiger partial charge in [-0.1, -0.05) is 52.3 Å². The summed E-state index contributed by atoms with van der Waals surface area (Å²) >= 11 is 3.45. The highest BCUT2D eigenvalue weighted by molar-refractivity contribution is 9.10. The third-order valence-electron chi connectivity index (χ3n) is 3.32. The summed E-state index contributed by atoms with van der Waals surface area (Å²) in [5.41, 5.74) is 3.33. The number of hydrogen-bond donors (Lipinski definition) is 1. The summed E-state index contributed by atoms with van der Waals surface area (Å²) in [5, 5.41) is 21.3. The minimum atomic E-state index is -0.00363. The van der Waals surface area contributed by atoms with Gasteiger partial charge in [-0.05, 0) is 34.9 Å². The molecule has 0 fully saturated rings. The van der Waals surface area contributed by atoms with E-state index in [1.165, 1.54) is 10.4 Å². The minimum absolute atomic E-state index is 0.00363. The highest BCUT2D eigenvalue weighted by Gasteiger charge is 2.11. The maximum absolute atomic E-state index is 8.94. The van der Waals surface area contributed by atoms with Crippen LogP contribution in [-0.4, -0.2) is 31.9 Å². The summed E-state index contributed by atoms with van der Waals surface area (Å²) in [7, 11) is 0. The number of aliphatic hydroxyl groups excluding tert-OH is 1. The lowest BCUT2D eigenvalue weighted by molar-refractivity contribution is 0.259. The normalized spacial score (nSPS) is 10.8. The summed E-state index contributed by atoms with van der Waals surface area (Å²) in [6.07, 6.45) is 0.804. The quantitative estimate of drug-likeness (QED) is 0.761. The number of aromatic nitrogens is 4. The van der Waals surface area contributed by atoms with E-state index < -0.39 is 0 Å². The molecule has 0 spiro atoms. The van der Waals surface area contributed by atoms with Crippen LogP contribution >= 0.6 is 15.9 Å². The molecule has 3 aromatic rings. The molecule has 0 aliphatic heterocycles. The van der Waals surface area contributed by atoms with E-state index >= 15 is 0 Å². The van der Waals surface area contributed by atoms with E-state index in [0.29, 0.717) is 12.4 Å². The van der Waals surface area contributed by atoms with Gasteiger partial charge in [0, 0.05) is 10.0 Å². The van der Waals surface area contributed by atoms with Gasteiger partial charge in [0.1, 0.15) is 0 Å². The molecule has 112 valence electrons. The van der Waals surface area contributed by atoms with Crippen molar-refractivity contribution < 1.29 is 5.11 Å². The van der Waals surface area contributed by atoms with Gasteiger partial charge in [0.2, 0.25) is 5.82 Å². The average molecular weight is 359 g/mol. The van der Waals surface area contributed by atoms with E-state index in [4.69, 9.17) is 5.11 Å². The van der Waals surface area contributed by atoms with Crippen LogP contribution < -0.4 is 0 Å². The van der Waals surface area contributed by atoms with Crippen molar-refractivity contribution in [1.29, 1.82) is 0 Å². The van der Waals surface area contributed by atoms with Gasteiger partial charge in [0.25, 0.3) is 0 Å². The topological polar surface area (TPSA) is 63.8 Å². The number of aliphatic hydroxyl groups is 1. The van der Waals surface area contributed by atoms with Crippen LogP contribution in [0.25, 0.3) is 11.4 Å². The molecule has 2 aromatic carbocycles. The first-order valence-electron chi connectivity index (χ1n) is 6.97. The predicted molar refractivity (Wildman–Crippen MR) is 87.3 cm³/mol. The standard InChI is InChI=1S/C16H15BrN4O/c17-14-7-5-12(6-8-14)11-13-3-1-2-4-15(13)16-18-20-21(19-16)9-10-22/h1-8,22H,9-11H2. The van der Waals surface area contributed by atoms with Gasteiger partial charge in [-0.25, -0.2) is 0 Å². The average Bonchev–Trinajstić information content (AvgIpc) is 2.99. The summed E-state index contributed by atoms with van der Waals surface area (Å²) in [6.45, 7) is 0.345. The lowest BCUT2D eigenvalue weighted by Crippen LogP contribution is -2.05. The molecular formula is C16H15BrN4O. The van der Waals surface area contributed by atoms with E-state index in [1.54, 1.807) is 0 Å². The molecule has 0 unspecified atom stereocenters. The second-order valence-corrected chi connectivity index (χ2v) is 5.81. The van der Waals surface area contributed by atoms with Crippen LogP contribution in [-0.2, 0) is 13.0 Å². The van der Waals surface area contributed by atoms with E-state index in [1.807, 2.05) is 30.3 Å². The first-order chi connectivity index (χ1) is 10.8. The Morgan fingerprint density at radius 1 is 1.05 bits per heavy atom. The highest BCUT2D eigenvalue weighted by atomic mass is 79.9. The Balaban J connectivity index is 1.90. The van der Waals surface area contributed by atoms with Crippen molar-refractivity contribution in [3.63, 3.8) is 0 Å². The van der Waals surface area contributed by atoms with Crippen LogP contribution in [0, 0.1) is 0 Å². The number of benzene rings is 2. The van der Waals surface area contributed by atoms with Gasteiger partial charge in [-0.3, -0.25) is 0 Å². The van der Waals surface area contributed by atoms with Crippen molar-refractivity contribution in [1.82, 2.24) is 20.2 Å². The number of nitrogens with zero attached hydrogens (tertiary/aromatic N) is 4. The van der Waals surface area contributed by atoms with Crippen LogP contribution in [0.5, 0.6) is 0 Å². The molecule has 0 saturated heterocycles. The van der Waals surface area contributed by atoms with Crippen LogP contribution in [0.4, 0.5) is 0 Å². The molecule has 1 aromatic heterocycles. The van der Waals surface area contributed by atoms with Crippen molar-refractivity contribution >= 4 is 15.9 Å². The Hall–Kier alpha value is -2.05. The van der Waals surface area contributed by atoms with Gasteiger partial charge >= 0.3 is 0 Å². The Bertz CT molecular complexity index is 755. The summed E-state index contributed by atoms with van der Waals surface area (Å²) in [4.78, 5) is 1.41. The molecule has 1 heterocycles. The van der Waals surface area contributed by atoms with Crippen LogP contribution in [0.1, 0.15) is 11.1 Å². The molecular weight excluding hydrogens is 344 g/mol. The zero-order chi connectivity index (χ0) is 15.4. The Morgan fingerprint density at radius 3 is 2.59 bits per heavy atom. The van der Waals surface area contributed by atoms with Gasteiger partial charge < -0.3 is 5.11 Å². The van der Waals surface area contributed by atoms with Crippen molar-refractivity contribution in [2.45, 2.75) is 13.0 Å². The van der Waals surface area contributed by atoms with Crippen LogP contribution in [0.3, 0.4) is 0 Å². The molecule has 0 radical (unpaired) electrons. The maximum atomic E-state index is 8.94. The summed E-state index contributed by atoms with van der Waals surface area (Å²) in [5.74, 6) is 0.584. The zero-order valence-corrected chi connectivity index (χ0v) is 13.4. The van der Waals surface area contributed by atoms with Crippen molar-refractivity contribution in [2.75, 3.05) is 6.61 Å². The van der Waals surface area contributed by atoms with Crippen LogP contribution in [0.2, 0.25) is 0 Å². The van der Waals surface area contributed by atoms with E-state index in [2.05, 4.69) is 49.5 Å². The molecule has 0 saturated carbocycles. The minimum Gasteiger partial charge on any atom is -0.394 e. The SMILES string of the molecule is OCCn1nnc(-c2ccccc2Cc2ccc(Br)cc2)n1. The first-order valence-corrected chi connectivity index (χ1v) is 7.77. The molecule has 0 bridgehead atoms. The molecule has 6 heteroatoms. The van der Waals surface area contributed by atoms with Gasteiger partial charge in [-0.15, -0.1) is 10.2 Å². The third kappa shape index (κ3) is 3.40. The van der Waals surface area contributed by atoms with Crippen molar-refractivity contribution in [2.24, 2.45) is 0 Å². The Kier molecular flexibility index (Phi) is 4.60. The van der Waals surface area contributed by atoms with Gasteiger partial charge in [0.05, 0.1) is 13.2 Å². The monoisotopic (exact) mass is 358 g/mol. The largest absolute Gasteiger partial charge is 0.394 e. The molecule has 22 heavy (non-hydrogen) atoms. The fourth-order valence-electron chi connectivity index (χ4n) is 2.25. The summed E-state index contributed by atoms with van der Waals surface area (Å²) in [6, 6.07) is 16.3. The second kappa shape index (κ2) is 6.81. The molecule has 0 aliphatic carbocycles. The van der Waals surface area contributed by atoms with E-state index in [-0.39, 0.29) is 6.61 Å². The van der Waals surface area contributed by atoms with Crippen LogP contribution in [0.15, 0.2) is 53.0 Å². The number of halogens is 1. The molecule has 3 rings (SSSR count). The van der Waals surface area contributed by atoms with Gasteiger partial charge in [-0.2, -0.15) is 4.80 Å². The van der Waals surface area contributed by atoms with Crippen molar-refractivity contribution in [3.05, 3.63) is 64.1 Å². The van der Waals surface area contributed by atoms with E-state index in [9.17, 15) is 0 Å². The number of hydrogen-bond acceptors (Lipinski definition) is 4. The van der Waals surface area contributed by atoms with Crippen molar-refractivity contribution in [3.8, 4) is 11.4 Å². The Morgan fingerprint density at radius 2 is 1.82 bits per heavy atom. The third-order valence-corrected chi connectivity index (χ3v) is 3.85. The lowest BCUT2D eigenvalue weighted by atomic mass is 9.99. The highest BCUT2D eigenvalue weighted by Crippen LogP contribution is 2.23. The number of tetrazole rings is 1. The summed E-state index contributed by atoms with van der Waals surface area (Å²) < 4.78 is 1.07. The Labute approximate surface area is 136 Å². The molecule has 5 nitrogen and oxygen atoms in total. The molecule has 0 atom stereocenters. The smallest absolute Gasteiger partial charge is 0.205 e. The fraction of sp³-hybridized carbons (Fsp3) is 0.188. The lowest BCUT2D eigenvalue weighted by Gasteiger charge is -2.06. The fourth-order valence-corrected chi connectivity index (χ4v) is 2.51. The predicted octanol–water partition coefficient (Wildman–Crippen LogP) is 2.69. The molecule has 0 amide bonds. The maximum Gasteiger partial charge on any atom is 0.205 e. The zero-order valence-electron chi connectivity index (χ0n) is 11.9. The first kappa shape index (κ1) is 14.9. The number of rotatable bonds is 5. The molecule has 1 N–H and O–H groups in total. The van der Waals surface area contributed by atoms with Gasteiger partial charge in [0.15, 0.2) is 0 Å². The molecule has 0 aliphatic rings.